The molecular weight excluding hydrogens is 278 g/mol. The van der Waals surface area contributed by atoms with E-state index in [0.29, 0.717) is 19.4 Å². The SMILES string of the molecule is CC(C)(C)C1CN(C(=O)C2(NC(N)=O)CC2)c2ccccc21. The van der Waals surface area contributed by atoms with E-state index in [1.807, 2.05) is 23.1 Å². The van der Waals surface area contributed by atoms with E-state index in [4.69, 9.17) is 5.73 Å². The number of hydrogen-bond donors (Lipinski definition) is 2. The fraction of sp³-hybridized carbons (Fsp3) is 0.529. The van der Waals surface area contributed by atoms with Crippen LogP contribution in [0.25, 0.3) is 0 Å². The van der Waals surface area contributed by atoms with Gasteiger partial charge in [-0.2, -0.15) is 0 Å². The van der Waals surface area contributed by atoms with Crippen LogP contribution in [0.4, 0.5) is 10.5 Å². The second-order valence-electron chi connectivity index (χ2n) is 7.46. The van der Waals surface area contributed by atoms with Gasteiger partial charge in [-0.1, -0.05) is 39.0 Å². The maximum Gasteiger partial charge on any atom is 0.313 e. The van der Waals surface area contributed by atoms with Crippen LogP contribution in [0.15, 0.2) is 24.3 Å². The first kappa shape index (κ1) is 14.9. The van der Waals surface area contributed by atoms with Gasteiger partial charge >= 0.3 is 6.03 Å². The summed E-state index contributed by atoms with van der Waals surface area (Å²) in [5.41, 5.74) is 6.68. The van der Waals surface area contributed by atoms with Gasteiger partial charge in [-0.25, -0.2) is 4.79 Å². The zero-order valence-corrected chi connectivity index (χ0v) is 13.3. The van der Waals surface area contributed by atoms with Crippen molar-refractivity contribution in [1.82, 2.24) is 5.32 Å². The van der Waals surface area contributed by atoms with E-state index in [1.165, 1.54) is 5.56 Å². The summed E-state index contributed by atoms with van der Waals surface area (Å²) in [5, 5.41) is 2.64. The van der Waals surface area contributed by atoms with E-state index in [-0.39, 0.29) is 17.2 Å². The molecule has 1 fully saturated rings. The summed E-state index contributed by atoms with van der Waals surface area (Å²) in [6, 6.07) is 7.41. The van der Waals surface area contributed by atoms with Gasteiger partial charge in [0.2, 0.25) is 0 Å². The number of amides is 3. The van der Waals surface area contributed by atoms with Crippen molar-refractivity contribution in [3.8, 4) is 0 Å². The number of para-hydroxylation sites is 1. The number of nitrogens with one attached hydrogen (secondary N) is 1. The van der Waals surface area contributed by atoms with E-state index < -0.39 is 11.6 Å². The van der Waals surface area contributed by atoms with Gasteiger partial charge in [-0.05, 0) is 29.9 Å². The number of benzene rings is 1. The van der Waals surface area contributed by atoms with Crippen molar-refractivity contribution in [2.75, 3.05) is 11.4 Å². The van der Waals surface area contributed by atoms with Gasteiger partial charge in [0.05, 0.1) is 0 Å². The van der Waals surface area contributed by atoms with Crippen LogP contribution >= 0.6 is 0 Å². The molecule has 0 radical (unpaired) electrons. The van der Waals surface area contributed by atoms with Crippen LogP contribution in [-0.4, -0.2) is 24.0 Å². The van der Waals surface area contributed by atoms with E-state index in [2.05, 4.69) is 32.2 Å². The third-order valence-corrected chi connectivity index (χ3v) is 4.78. The Labute approximate surface area is 130 Å². The first-order chi connectivity index (χ1) is 10.2. The molecule has 5 nitrogen and oxygen atoms in total. The lowest BCUT2D eigenvalue weighted by Gasteiger charge is -2.29. The Morgan fingerprint density at radius 2 is 1.91 bits per heavy atom. The first-order valence-electron chi connectivity index (χ1n) is 7.73. The highest BCUT2D eigenvalue weighted by molar-refractivity contribution is 6.05. The Kier molecular flexibility index (Phi) is 3.20. The van der Waals surface area contributed by atoms with Gasteiger partial charge in [0.15, 0.2) is 0 Å². The molecule has 2 aliphatic rings. The molecule has 3 amide bonds. The summed E-state index contributed by atoms with van der Waals surface area (Å²) >= 11 is 0. The van der Waals surface area contributed by atoms with Crippen molar-refractivity contribution in [3.63, 3.8) is 0 Å². The van der Waals surface area contributed by atoms with Gasteiger partial charge in [0.1, 0.15) is 5.54 Å². The Bertz CT molecular complexity index is 629. The Morgan fingerprint density at radius 3 is 2.45 bits per heavy atom. The predicted molar refractivity (Wildman–Crippen MR) is 85.7 cm³/mol. The molecule has 1 heterocycles. The maximum absolute atomic E-state index is 13.0. The second-order valence-corrected chi connectivity index (χ2v) is 7.46. The summed E-state index contributed by atoms with van der Waals surface area (Å²) in [4.78, 5) is 26.0. The number of carbonyl (C=O) groups is 2. The first-order valence-corrected chi connectivity index (χ1v) is 7.73. The molecule has 0 aromatic heterocycles. The fourth-order valence-corrected chi connectivity index (χ4v) is 3.35. The van der Waals surface area contributed by atoms with Gasteiger partial charge in [0.25, 0.3) is 5.91 Å². The number of rotatable bonds is 2. The molecule has 3 rings (SSSR count). The van der Waals surface area contributed by atoms with Gasteiger partial charge in [-0.15, -0.1) is 0 Å². The summed E-state index contributed by atoms with van der Waals surface area (Å²) in [6.07, 6.45) is 1.32. The Hall–Kier alpha value is -2.04. The van der Waals surface area contributed by atoms with Crippen LogP contribution in [0.1, 0.15) is 45.1 Å². The molecule has 5 heteroatoms. The summed E-state index contributed by atoms with van der Waals surface area (Å²) in [7, 11) is 0. The molecule has 0 bridgehead atoms. The van der Waals surface area contributed by atoms with Crippen molar-refractivity contribution < 1.29 is 9.59 Å². The van der Waals surface area contributed by atoms with Crippen molar-refractivity contribution in [2.24, 2.45) is 11.1 Å². The van der Waals surface area contributed by atoms with Crippen LogP contribution in [0, 0.1) is 5.41 Å². The van der Waals surface area contributed by atoms with E-state index in [0.717, 1.165) is 5.69 Å². The Balaban J connectivity index is 1.93. The van der Waals surface area contributed by atoms with Crippen LogP contribution in [0.5, 0.6) is 0 Å². The number of hydrogen-bond acceptors (Lipinski definition) is 2. The van der Waals surface area contributed by atoms with Gasteiger partial charge in [0, 0.05) is 18.2 Å². The minimum absolute atomic E-state index is 0.0366. The summed E-state index contributed by atoms with van der Waals surface area (Å²) in [6.45, 7) is 7.23. The molecule has 118 valence electrons. The number of anilines is 1. The number of carbonyl (C=O) groups excluding carboxylic acids is 2. The van der Waals surface area contributed by atoms with Crippen LogP contribution < -0.4 is 16.0 Å². The average molecular weight is 301 g/mol. The molecular formula is C17H23N3O2. The van der Waals surface area contributed by atoms with Crippen molar-refractivity contribution in [3.05, 3.63) is 29.8 Å². The van der Waals surface area contributed by atoms with Gasteiger partial charge in [-0.3, -0.25) is 4.79 Å². The van der Waals surface area contributed by atoms with Crippen molar-refractivity contribution >= 4 is 17.6 Å². The summed E-state index contributed by atoms with van der Waals surface area (Å²) in [5.74, 6) is 0.252. The number of fused-ring (bicyclic) bond motifs is 1. The smallest absolute Gasteiger partial charge is 0.313 e. The van der Waals surface area contributed by atoms with Crippen molar-refractivity contribution in [1.29, 1.82) is 0 Å². The molecule has 1 saturated carbocycles. The highest BCUT2D eigenvalue weighted by Crippen LogP contribution is 2.48. The Morgan fingerprint density at radius 1 is 1.27 bits per heavy atom. The molecule has 0 saturated heterocycles. The van der Waals surface area contributed by atoms with E-state index in [9.17, 15) is 9.59 Å². The molecule has 1 unspecified atom stereocenters. The third kappa shape index (κ3) is 2.34. The largest absolute Gasteiger partial charge is 0.352 e. The molecule has 1 aliphatic carbocycles. The number of urea groups is 1. The number of nitrogens with two attached hydrogens (primary N) is 1. The number of primary amides is 1. The maximum atomic E-state index is 13.0. The average Bonchev–Trinajstić information content (AvgIpc) is 3.08. The normalized spacial score (nSPS) is 22.1. The zero-order chi connectivity index (χ0) is 16.1. The highest BCUT2D eigenvalue weighted by atomic mass is 16.2. The fourth-order valence-electron chi connectivity index (χ4n) is 3.35. The summed E-state index contributed by atoms with van der Waals surface area (Å²) < 4.78 is 0. The third-order valence-electron chi connectivity index (χ3n) is 4.78. The second kappa shape index (κ2) is 4.73. The predicted octanol–water partition coefficient (Wildman–Crippen LogP) is 2.36. The van der Waals surface area contributed by atoms with Crippen LogP contribution in [-0.2, 0) is 4.79 Å². The van der Waals surface area contributed by atoms with E-state index in [1.54, 1.807) is 0 Å². The standard InChI is InChI=1S/C17H23N3O2/c1-16(2,3)12-10-20(13-7-5-4-6-11(12)13)14(21)17(8-9-17)19-15(18)22/h4-7,12H,8-10H2,1-3H3,(H3,18,19,22). The molecule has 1 aromatic carbocycles. The minimum Gasteiger partial charge on any atom is -0.352 e. The quantitative estimate of drug-likeness (QED) is 0.880. The zero-order valence-electron chi connectivity index (χ0n) is 13.3. The van der Waals surface area contributed by atoms with E-state index >= 15 is 0 Å². The topological polar surface area (TPSA) is 75.4 Å². The van der Waals surface area contributed by atoms with Crippen LogP contribution in [0.3, 0.4) is 0 Å². The lowest BCUT2D eigenvalue weighted by atomic mass is 9.78. The molecule has 1 aromatic rings. The molecule has 1 atom stereocenters. The van der Waals surface area contributed by atoms with Crippen molar-refractivity contribution in [2.45, 2.75) is 45.1 Å². The lowest BCUT2D eigenvalue weighted by molar-refractivity contribution is -0.121. The number of nitrogens with zero attached hydrogens (tertiary/aromatic N) is 1. The molecule has 3 N–H and O–H groups in total. The van der Waals surface area contributed by atoms with Gasteiger partial charge < -0.3 is 16.0 Å². The highest BCUT2D eigenvalue weighted by Gasteiger charge is 2.55. The lowest BCUT2D eigenvalue weighted by Crippen LogP contribution is -2.52. The monoisotopic (exact) mass is 301 g/mol. The molecule has 1 aliphatic heterocycles. The molecule has 22 heavy (non-hydrogen) atoms. The van der Waals surface area contributed by atoms with Crippen LogP contribution in [0.2, 0.25) is 0 Å². The molecule has 0 spiro atoms. The minimum atomic E-state index is -0.786.